The van der Waals surface area contributed by atoms with Gasteiger partial charge < -0.3 is 5.73 Å². The molecular weight excluding hydrogens is 220 g/mol. The highest BCUT2D eigenvalue weighted by Crippen LogP contribution is 2.22. The van der Waals surface area contributed by atoms with Crippen molar-refractivity contribution in [2.75, 3.05) is 0 Å². The van der Waals surface area contributed by atoms with Crippen molar-refractivity contribution in [1.82, 2.24) is 15.0 Å². The first kappa shape index (κ1) is 11.0. The van der Waals surface area contributed by atoms with Crippen LogP contribution >= 0.6 is 11.8 Å². The van der Waals surface area contributed by atoms with Crippen LogP contribution in [-0.2, 0) is 6.54 Å². The Labute approximate surface area is 98.3 Å². The average Bonchev–Trinajstić information content (AvgIpc) is 2.29. The van der Waals surface area contributed by atoms with Crippen LogP contribution < -0.4 is 5.73 Å². The molecule has 82 valence electrons. The molecule has 0 bridgehead atoms. The molecule has 0 atom stereocenters. The fraction of sp³-hybridized carbons (Fsp3) is 0.182. The van der Waals surface area contributed by atoms with Gasteiger partial charge in [-0.1, -0.05) is 6.07 Å². The molecular formula is C11H12N4S. The van der Waals surface area contributed by atoms with E-state index in [-0.39, 0.29) is 0 Å². The Kier molecular flexibility index (Phi) is 3.48. The van der Waals surface area contributed by atoms with Gasteiger partial charge in [-0.25, -0.2) is 15.0 Å². The fourth-order valence-corrected chi connectivity index (χ4v) is 2.06. The highest BCUT2D eigenvalue weighted by atomic mass is 32.2. The minimum Gasteiger partial charge on any atom is -0.325 e. The molecule has 2 heterocycles. The molecule has 0 spiro atoms. The Balaban J connectivity index is 2.24. The maximum atomic E-state index is 5.57. The molecule has 0 aliphatic rings. The molecule has 0 unspecified atom stereocenters. The summed E-state index contributed by atoms with van der Waals surface area (Å²) >= 11 is 1.44. The number of hydrogen-bond donors (Lipinski definition) is 1. The number of nitrogens with two attached hydrogens (primary N) is 1. The van der Waals surface area contributed by atoms with Gasteiger partial charge in [-0.2, -0.15) is 0 Å². The summed E-state index contributed by atoms with van der Waals surface area (Å²) in [7, 11) is 0. The predicted molar refractivity (Wildman–Crippen MR) is 63.0 cm³/mol. The Bertz CT molecular complexity index is 473. The monoisotopic (exact) mass is 232 g/mol. The molecule has 0 amide bonds. The Hall–Kier alpha value is -1.46. The number of aryl methyl sites for hydroxylation is 1. The van der Waals surface area contributed by atoms with Gasteiger partial charge in [-0.3, -0.25) is 0 Å². The lowest BCUT2D eigenvalue weighted by Gasteiger charge is -2.03. The second kappa shape index (κ2) is 5.05. The molecule has 0 saturated carbocycles. The lowest BCUT2D eigenvalue weighted by atomic mass is 10.3. The van der Waals surface area contributed by atoms with Crippen LogP contribution in [-0.4, -0.2) is 15.0 Å². The topological polar surface area (TPSA) is 64.7 Å². The van der Waals surface area contributed by atoms with Crippen LogP contribution in [0, 0.1) is 6.92 Å². The van der Waals surface area contributed by atoms with Crippen molar-refractivity contribution in [2.45, 2.75) is 23.7 Å². The van der Waals surface area contributed by atoms with Crippen molar-refractivity contribution in [3.63, 3.8) is 0 Å². The zero-order chi connectivity index (χ0) is 11.4. The zero-order valence-electron chi connectivity index (χ0n) is 8.92. The summed E-state index contributed by atoms with van der Waals surface area (Å²) < 4.78 is 0. The van der Waals surface area contributed by atoms with Gasteiger partial charge in [0.05, 0.1) is 5.69 Å². The molecule has 0 fully saturated rings. The van der Waals surface area contributed by atoms with Crippen molar-refractivity contribution >= 4 is 11.8 Å². The molecule has 0 aromatic carbocycles. The van der Waals surface area contributed by atoms with E-state index in [1.807, 2.05) is 31.2 Å². The van der Waals surface area contributed by atoms with Crippen LogP contribution in [0.3, 0.4) is 0 Å². The molecule has 2 N–H and O–H groups in total. The van der Waals surface area contributed by atoms with Crippen LogP contribution in [0.25, 0.3) is 0 Å². The van der Waals surface area contributed by atoms with E-state index >= 15 is 0 Å². The molecule has 2 rings (SSSR count). The number of pyridine rings is 1. The number of nitrogens with zero attached hydrogens (tertiary/aromatic N) is 3. The van der Waals surface area contributed by atoms with Crippen LogP contribution in [0.5, 0.6) is 0 Å². The predicted octanol–water partition coefficient (Wildman–Crippen LogP) is 1.79. The van der Waals surface area contributed by atoms with E-state index < -0.39 is 0 Å². The lowest BCUT2D eigenvalue weighted by molar-refractivity contribution is 0.852. The van der Waals surface area contributed by atoms with Crippen molar-refractivity contribution in [3.8, 4) is 0 Å². The summed E-state index contributed by atoms with van der Waals surface area (Å²) in [5.41, 5.74) is 7.34. The Morgan fingerprint density at radius 1 is 1.31 bits per heavy atom. The first-order valence-corrected chi connectivity index (χ1v) is 5.73. The first-order valence-electron chi connectivity index (χ1n) is 4.91. The molecule has 0 aliphatic heterocycles. The van der Waals surface area contributed by atoms with Gasteiger partial charge >= 0.3 is 0 Å². The summed E-state index contributed by atoms with van der Waals surface area (Å²) in [6, 6.07) is 7.64. The molecule has 4 nitrogen and oxygen atoms in total. The summed E-state index contributed by atoms with van der Waals surface area (Å²) in [6.45, 7) is 2.36. The number of aromatic nitrogens is 3. The van der Waals surface area contributed by atoms with Crippen molar-refractivity contribution < 1.29 is 0 Å². The molecule has 5 heteroatoms. The van der Waals surface area contributed by atoms with E-state index in [1.54, 1.807) is 6.20 Å². The van der Waals surface area contributed by atoms with E-state index in [4.69, 9.17) is 5.73 Å². The largest absolute Gasteiger partial charge is 0.325 e. The van der Waals surface area contributed by atoms with Crippen molar-refractivity contribution in [1.29, 1.82) is 0 Å². The molecule has 2 aromatic rings. The highest BCUT2D eigenvalue weighted by molar-refractivity contribution is 7.99. The summed E-state index contributed by atoms with van der Waals surface area (Å²) in [5, 5.41) is 1.58. The average molecular weight is 232 g/mol. The molecule has 0 saturated heterocycles. The van der Waals surface area contributed by atoms with Gasteiger partial charge in [0, 0.05) is 18.4 Å². The number of hydrogen-bond acceptors (Lipinski definition) is 5. The van der Waals surface area contributed by atoms with Gasteiger partial charge in [0.1, 0.15) is 5.03 Å². The third kappa shape index (κ3) is 2.77. The quantitative estimate of drug-likeness (QED) is 0.817. The Morgan fingerprint density at radius 3 is 2.88 bits per heavy atom. The standard InChI is InChI=1S/C11H12N4S/c1-8-6-9(7-12)15-11(14-8)16-10-4-2-3-5-13-10/h2-6H,7,12H2,1H3. The molecule has 0 radical (unpaired) electrons. The van der Waals surface area contributed by atoms with Crippen LogP contribution in [0.1, 0.15) is 11.4 Å². The highest BCUT2D eigenvalue weighted by Gasteiger charge is 2.04. The fourth-order valence-electron chi connectivity index (χ4n) is 1.26. The summed E-state index contributed by atoms with van der Waals surface area (Å²) in [4.78, 5) is 12.9. The third-order valence-electron chi connectivity index (χ3n) is 1.93. The normalized spacial score (nSPS) is 10.4. The van der Waals surface area contributed by atoms with Gasteiger partial charge in [-0.05, 0) is 36.9 Å². The third-order valence-corrected chi connectivity index (χ3v) is 2.75. The van der Waals surface area contributed by atoms with E-state index in [2.05, 4.69) is 15.0 Å². The van der Waals surface area contributed by atoms with Crippen LogP contribution in [0.15, 0.2) is 40.6 Å². The second-order valence-electron chi connectivity index (χ2n) is 3.26. The second-order valence-corrected chi connectivity index (χ2v) is 4.24. The maximum Gasteiger partial charge on any atom is 0.194 e. The van der Waals surface area contributed by atoms with E-state index in [0.717, 1.165) is 16.4 Å². The maximum absolute atomic E-state index is 5.57. The van der Waals surface area contributed by atoms with E-state index in [0.29, 0.717) is 11.7 Å². The van der Waals surface area contributed by atoms with Gasteiger partial charge in [0.2, 0.25) is 0 Å². The van der Waals surface area contributed by atoms with Crippen molar-refractivity contribution in [2.24, 2.45) is 5.73 Å². The van der Waals surface area contributed by atoms with Gasteiger partial charge in [-0.15, -0.1) is 0 Å². The number of rotatable bonds is 3. The SMILES string of the molecule is Cc1cc(CN)nc(Sc2ccccn2)n1. The molecule has 0 aliphatic carbocycles. The van der Waals surface area contributed by atoms with Gasteiger partial charge in [0.15, 0.2) is 5.16 Å². The first-order chi connectivity index (χ1) is 7.78. The van der Waals surface area contributed by atoms with E-state index in [1.165, 1.54) is 11.8 Å². The van der Waals surface area contributed by atoms with Crippen LogP contribution in [0.2, 0.25) is 0 Å². The van der Waals surface area contributed by atoms with Gasteiger partial charge in [0.25, 0.3) is 0 Å². The Morgan fingerprint density at radius 2 is 2.19 bits per heavy atom. The molecule has 2 aromatic heterocycles. The van der Waals surface area contributed by atoms with Crippen LogP contribution in [0.4, 0.5) is 0 Å². The molecule has 16 heavy (non-hydrogen) atoms. The summed E-state index contributed by atoms with van der Waals surface area (Å²) in [5.74, 6) is 0. The summed E-state index contributed by atoms with van der Waals surface area (Å²) in [6.07, 6.45) is 1.75. The zero-order valence-corrected chi connectivity index (χ0v) is 9.74. The minimum atomic E-state index is 0.430. The van der Waals surface area contributed by atoms with E-state index in [9.17, 15) is 0 Å². The minimum absolute atomic E-state index is 0.430. The lowest BCUT2D eigenvalue weighted by Crippen LogP contribution is -2.02. The van der Waals surface area contributed by atoms with Crippen molar-refractivity contribution in [3.05, 3.63) is 41.9 Å². The smallest absolute Gasteiger partial charge is 0.194 e.